The van der Waals surface area contributed by atoms with Crippen LogP contribution in [-0.4, -0.2) is 6.71 Å². The van der Waals surface area contributed by atoms with Crippen molar-refractivity contribution in [2.75, 3.05) is 14.7 Å². The molecule has 0 fully saturated rings. The molecule has 0 amide bonds. The third kappa shape index (κ3) is 7.26. The van der Waals surface area contributed by atoms with Gasteiger partial charge in [-0.05, 0) is 195 Å². The van der Waals surface area contributed by atoms with E-state index in [2.05, 4.69) is 256 Å². The summed E-state index contributed by atoms with van der Waals surface area (Å²) in [4.78, 5) is 7.83. The first-order valence-electron chi connectivity index (χ1n) is 26.3. The Labute approximate surface area is 428 Å². The molecule has 7 aromatic carbocycles. The first-order chi connectivity index (χ1) is 33.6. The van der Waals surface area contributed by atoms with Crippen LogP contribution in [-0.2, 0) is 27.1 Å². The minimum atomic E-state index is -0.0394. The van der Waals surface area contributed by atoms with Gasteiger partial charge in [-0.2, -0.15) is 0 Å². The second-order valence-electron chi connectivity index (χ2n) is 25.4. The third-order valence-corrected chi connectivity index (χ3v) is 18.5. The third-order valence-electron chi connectivity index (χ3n) is 17.3. The average Bonchev–Trinajstić information content (AvgIpc) is 3.70. The summed E-state index contributed by atoms with van der Waals surface area (Å²) in [6.45, 7) is 31.4. The van der Waals surface area contributed by atoms with Crippen molar-refractivity contribution in [1.29, 1.82) is 0 Å². The first-order valence-corrected chi connectivity index (χ1v) is 27.1. The van der Waals surface area contributed by atoms with Crippen molar-refractivity contribution >= 4 is 95.0 Å². The Morgan fingerprint density at radius 2 is 1.03 bits per heavy atom. The quantitative estimate of drug-likeness (QED) is 0.159. The van der Waals surface area contributed by atoms with Gasteiger partial charge in [0.1, 0.15) is 0 Å². The molecule has 71 heavy (non-hydrogen) atoms. The Hall–Kier alpha value is -6.04. The van der Waals surface area contributed by atoms with E-state index >= 15 is 0 Å². The standard InChI is InChI=1S/C66H70BN3S/c1-41-32-42(2)34-47(33-41)69-55-27-24-43(62(3,4)5)35-54(55)67-59-56(69)37-48(68(44-20-16-14-17-21-44)45-22-18-15-19-23-45)38-57(59)70(46-25-26-50-51(36-46)64(8,9)29-28-63(50,6)7)60-49-39-52-53(40-58(49)71-61(60)67)66(12,13)31-30-65(52,10)11/h14-27,32-40H,28-31H2,1-13H3. The summed E-state index contributed by atoms with van der Waals surface area (Å²) in [7, 11) is 0. The first kappa shape index (κ1) is 46.1. The summed E-state index contributed by atoms with van der Waals surface area (Å²) in [5.41, 5.74) is 23.8. The zero-order chi connectivity index (χ0) is 49.7. The molecule has 12 rings (SSSR count). The lowest BCUT2D eigenvalue weighted by molar-refractivity contribution is 0.332. The molecule has 0 N–H and O–H groups in total. The molecule has 2 aliphatic carbocycles. The molecular formula is C66H70BN3S. The molecule has 358 valence electrons. The SMILES string of the molecule is Cc1cc(C)cc(N2c3ccc(C(C)(C)C)cc3B3c4sc5cc6c(cc5c4N(c4ccc5c(c4)C(C)(C)CCC5(C)C)c4cc(N(c5ccccc5)c5ccccc5)cc2c43)C(C)(C)CCC6(C)C)c1. The summed E-state index contributed by atoms with van der Waals surface area (Å²) in [6, 6.07) is 54.5. The van der Waals surface area contributed by atoms with Crippen LogP contribution in [0, 0.1) is 13.8 Å². The minimum absolute atomic E-state index is 0.00473. The number of thiophene rings is 1. The number of hydrogen-bond acceptors (Lipinski definition) is 4. The van der Waals surface area contributed by atoms with Crippen LogP contribution in [0.3, 0.4) is 0 Å². The number of aryl methyl sites for hydroxylation is 2. The van der Waals surface area contributed by atoms with E-state index in [1.54, 1.807) is 0 Å². The predicted octanol–water partition coefficient (Wildman–Crippen LogP) is 17.1. The highest BCUT2D eigenvalue weighted by Gasteiger charge is 2.48. The Morgan fingerprint density at radius 1 is 0.493 bits per heavy atom. The van der Waals surface area contributed by atoms with Crippen molar-refractivity contribution in [2.24, 2.45) is 0 Å². The van der Waals surface area contributed by atoms with Gasteiger partial charge in [-0.3, -0.25) is 0 Å². The molecule has 0 radical (unpaired) electrons. The lowest BCUT2D eigenvalue weighted by atomic mass is 9.36. The number of benzene rings is 7. The highest BCUT2D eigenvalue weighted by Crippen LogP contribution is 2.55. The Morgan fingerprint density at radius 3 is 1.61 bits per heavy atom. The predicted molar refractivity (Wildman–Crippen MR) is 309 cm³/mol. The normalized spacial score (nSPS) is 17.8. The fourth-order valence-electron chi connectivity index (χ4n) is 13.1. The van der Waals surface area contributed by atoms with E-state index in [1.807, 2.05) is 0 Å². The molecule has 0 saturated carbocycles. The summed E-state index contributed by atoms with van der Waals surface area (Å²) in [5, 5.41) is 1.37. The van der Waals surface area contributed by atoms with Crippen LogP contribution in [0.25, 0.3) is 10.1 Å². The van der Waals surface area contributed by atoms with Gasteiger partial charge < -0.3 is 14.7 Å². The second-order valence-corrected chi connectivity index (χ2v) is 26.4. The van der Waals surface area contributed by atoms with Gasteiger partial charge in [-0.25, -0.2) is 0 Å². The summed E-state index contributed by atoms with van der Waals surface area (Å²) >= 11 is 2.05. The maximum Gasteiger partial charge on any atom is 0.264 e. The molecule has 0 bridgehead atoms. The van der Waals surface area contributed by atoms with Crippen molar-refractivity contribution in [3.63, 3.8) is 0 Å². The van der Waals surface area contributed by atoms with Crippen molar-refractivity contribution in [1.82, 2.24) is 0 Å². The summed E-state index contributed by atoms with van der Waals surface area (Å²) in [6.07, 6.45) is 4.71. The number of hydrogen-bond donors (Lipinski definition) is 0. The van der Waals surface area contributed by atoms with Gasteiger partial charge in [0.15, 0.2) is 0 Å². The van der Waals surface area contributed by atoms with E-state index in [4.69, 9.17) is 0 Å². The fourth-order valence-corrected chi connectivity index (χ4v) is 14.4. The van der Waals surface area contributed by atoms with Gasteiger partial charge in [0.2, 0.25) is 0 Å². The van der Waals surface area contributed by atoms with E-state index in [9.17, 15) is 0 Å². The monoisotopic (exact) mass is 948 g/mol. The van der Waals surface area contributed by atoms with Gasteiger partial charge in [0.05, 0.1) is 11.4 Å². The van der Waals surface area contributed by atoms with Crippen LogP contribution in [0.15, 0.2) is 140 Å². The lowest BCUT2D eigenvalue weighted by Gasteiger charge is -2.45. The summed E-state index contributed by atoms with van der Waals surface area (Å²) in [5.74, 6) is 0. The Balaban J connectivity index is 1.26. The number of anilines is 9. The molecule has 8 aromatic rings. The lowest BCUT2D eigenvalue weighted by Crippen LogP contribution is -2.60. The number of fused-ring (bicyclic) bond motifs is 8. The van der Waals surface area contributed by atoms with E-state index in [0.29, 0.717) is 0 Å². The van der Waals surface area contributed by atoms with Gasteiger partial charge in [0, 0.05) is 54.7 Å². The fraction of sp³-hybridized carbons (Fsp3) is 0.333. The molecule has 4 aliphatic rings. The van der Waals surface area contributed by atoms with Crippen LogP contribution in [0.2, 0.25) is 0 Å². The summed E-state index contributed by atoms with van der Waals surface area (Å²) < 4.78 is 2.83. The Bertz CT molecular complexity index is 3400. The number of rotatable bonds is 5. The highest BCUT2D eigenvalue weighted by molar-refractivity contribution is 7.33. The molecule has 3 heterocycles. The van der Waals surface area contributed by atoms with E-state index in [0.717, 1.165) is 23.5 Å². The highest BCUT2D eigenvalue weighted by atomic mass is 32.1. The Kier molecular flexibility index (Phi) is 10.2. The zero-order valence-electron chi connectivity index (χ0n) is 44.4. The van der Waals surface area contributed by atoms with E-state index in [-0.39, 0.29) is 33.8 Å². The molecule has 2 aliphatic heterocycles. The molecule has 5 heteroatoms. The molecule has 0 atom stereocenters. The van der Waals surface area contributed by atoms with Gasteiger partial charge in [0.25, 0.3) is 6.71 Å². The van der Waals surface area contributed by atoms with Crippen LogP contribution in [0.1, 0.15) is 141 Å². The largest absolute Gasteiger partial charge is 0.311 e. The van der Waals surface area contributed by atoms with E-state index in [1.165, 1.54) is 118 Å². The number of para-hydroxylation sites is 2. The zero-order valence-corrected chi connectivity index (χ0v) is 45.3. The van der Waals surface area contributed by atoms with Crippen LogP contribution >= 0.6 is 11.3 Å². The molecule has 0 spiro atoms. The van der Waals surface area contributed by atoms with Crippen molar-refractivity contribution in [3.8, 4) is 0 Å². The molecule has 3 nitrogen and oxygen atoms in total. The van der Waals surface area contributed by atoms with Crippen LogP contribution in [0.5, 0.6) is 0 Å². The maximum atomic E-state index is 2.74. The van der Waals surface area contributed by atoms with Gasteiger partial charge in [-0.1, -0.05) is 137 Å². The van der Waals surface area contributed by atoms with E-state index < -0.39 is 0 Å². The van der Waals surface area contributed by atoms with Gasteiger partial charge >= 0.3 is 0 Å². The molecule has 0 unspecified atom stereocenters. The molecule has 0 saturated heterocycles. The van der Waals surface area contributed by atoms with Gasteiger partial charge in [-0.15, -0.1) is 11.3 Å². The molecule has 1 aromatic heterocycles. The van der Waals surface area contributed by atoms with Crippen molar-refractivity contribution in [2.45, 2.75) is 143 Å². The second kappa shape index (κ2) is 15.7. The smallest absolute Gasteiger partial charge is 0.264 e. The van der Waals surface area contributed by atoms with Crippen LogP contribution in [0.4, 0.5) is 51.2 Å². The minimum Gasteiger partial charge on any atom is -0.311 e. The van der Waals surface area contributed by atoms with Crippen molar-refractivity contribution < 1.29 is 0 Å². The number of nitrogens with zero attached hydrogens (tertiary/aromatic N) is 3. The molecular weight excluding hydrogens is 878 g/mol. The topological polar surface area (TPSA) is 9.72 Å². The average molecular weight is 948 g/mol. The van der Waals surface area contributed by atoms with Crippen molar-refractivity contribution in [3.05, 3.63) is 178 Å². The maximum absolute atomic E-state index is 2.74. The van der Waals surface area contributed by atoms with Crippen LogP contribution < -0.4 is 30.4 Å².